The second-order valence-electron chi connectivity index (χ2n) is 10.1. The molecular formula is C27H28BN7O+. The van der Waals surface area contributed by atoms with Gasteiger partial charge >= 0.3 is 7.55 Å². The molecule has 1 N–H and O–H groups in total. The highest BCUT2D eigenvalue weighted by atomic mass is 16.1. The maximum atomic E-state index is 11.5. The van der Waals surface area contributed by atoms with Crippen molar-refractivity contribution >= 4 is 30.6 Å². The molecular weight excluding hydrogens is 449 g/mol. The van der Waals surface area contributed by atoms with Crippen LogP contribution in [0.15, 0.2) is 60.4 Å². The molecule has 1 aliphatic carbocycles. The lowest BCUT2D eigenvalue weighted by Crippen LogP contribution is -2.43. The van der Waals surface area contributed by atoms with Crippen molar-refractivity contribution in [1.29, 1.82) is 0 Å². The summed E-state index contributed by atoms with van der Waals surface area (Å²) < 4.78 is 6.62. The number of nitrogens with zero attached hydrogens (tertiary/aromatic N) is 6. The van der Waals surface area contributed by atoms with E-state index in [0.717, 1.165) is 52.8 Å². The molecule has 1 amide bonds. The molecule has 2 fully saturated rings. The van der Waals surface area contributed by atoms with Gasteiger partial charge in [0.15, 0.2) is 0 Å². The maximum Gasteiger partial charge on any atom is 0.553 e. The van der Waals surface area contributed by atoms with Gasteiger partial charge in [-0.15, -0.1) is 5.10 Å². The zero-order valence-electron chi connectivity index (χ0n) is 20.4. The lowest BCUT2D eigenvalue weighted by atomic mass is 9.91. The van der Waals surface area contributed by atoms with Gasteiger partial charge in [-0.2, -0.15) is 0 Å². The molecule has 0 spiro atoms. The van der Waals surface area contributed by atoms with Crippen LogP contribution in [-0.4, -0.2) is 61.2 Å². The van der Waals surface area contributed by atoms with Gasteiger partial charge in [-0.25, -0.2) is 4.68 Å². The van der Waals surface area contributed by atoms with Crippen molar-refractivity contribution in [3.63, 3.8) is 0 Å². The highest BCUT2D eigenvalue weighted by molar-refractivity contribution is 6.40. The van der Waals surface area contributed by atoms with Crippen molar-refractivity contribution in [2.75, 3.05) is 18.4 Å². The third-order valence-electron chi connectivity index (χ3n) is 7.45. The highest BCUT2D eigenvalue weighted by Gasteiger charge is 2.40. The molecule has 7 rings (SSSR count). The smallest absolute Gasteiger partial charge is 0.329 e. The molecule has 8 nitrogen and oxygen atoms in total. The molecule has 0 unspecified atom stereocenters. The molecule has 179 valence electrons. The second-order valence-corrected chi connectivity index (χ2v) is 10.1. The summed E-state index contributed by atoms with van der Waals surface area (Å²) >= 11 is 0. The number of nitrogens with one attached hydrogen (secondary N) is 1. The fourth-order valence-corrected chi connectivity index (χ4v) is 5.51. The number of anilines is 1. The van der Waals surface area contributed by atoms with Crippen LogP contribution in [-0.2, 0) is 4.79 Å². The molecule has 0 atom stereocenters. The van der Waals surface area contributed by atoms with Crippen molar-refractivity contribution in [2.45, 2.75) is 44.9 Å². The minimum absolute atomic E-state index is 0.0698. The summed E-state index contributed by atoms with van der Waals surface area (Å²) in [6.45, 7) is 3.69. The van der Waals surface area contributed by atoms with E-state index in [0.29, 0.717) is 5.92 Å². The summed E-state index contributed by atoms with van der Waals surface area (Å²) in [5, 5.41) is 11.8. The van der Waals surface area contributed by atoms with Gasteiger partial charge in [0.2, 0.25) is 5.91 Å². The number of piperidine rings is 1. The third-order valence-corrected chi connectivity index (χ3v) is 7.45. The number of hydrogen-bond donors (Lipinski definition) is 1. The van der Waals surface area contributed by atoms with Gasteiger partial charge in [0, 0.05) is 35.9 Å². The van der Waals surface area contributed by atoms with Gasteiger partial charge in [-0.3, -0.25) is 14.2 Å². The van der Waals surface area contributed by atoms with Crippen molar-refractivity contribution in [2.24, 2.45) is 0 Å². The fourth-order valence-electron chi connectivity index (χ4n) is 5.51. The van der Waals surface area contributed by atoms with Crippen LogP contribution in [0.5, 0.6) is 0 Å². The summed E-state index contributed by atoms with van der Waals surface area (Å²) in [5.74, 6) is 2.68. The number of carbonyl (C=O) groups is 1. The zero-order chi connectivity index (χ0) is 24.2. The summed E-state index contributed by atoms with van der Waals surface area (Å²) in [6, 6.07) is 12.4. The van der Waals surface area contributed by atoms with Crippen molar-refractivity contribution in [1.82, 2.24) is 24.3 Å². The summed E-state index contributed by atoms with van der Waals surface area (Å²) in [5.41, 5.74) is 6.40. The molecule has 0 bridgehead atoms. The quantitative estimate of drug-likeness (QED) is 0.461. The molecule has 4 aliphatic rings. The van der Waals surface area contributed by atoms with Crippen LogP contribution in [0.1, 0.15) is 61.9 Å². The zero-order valence-corrected chi connectivity index (χ0v) is 20.4. The highest BCUT2D eigenvalue weighted by Crippen LogP contribution is 2.40. The largest absolute Gasteiger partial charge is 0.553 e. The average Bonchev–Trinajstić information content (AvgIpc) is 3.27. The van der Waals surface area contributed by atoms with Gasteiger partial charge in [-0.1, -0.05) is 17.3 Å². The Balaban J connectivity index is 1.35. The van der Waals surface area contributed by atoms with E-state index in [1.807, 2.05) is 16.8 Å². The van der Waals surface area contributed by atoms with Gasteiger partial charge in [-0.05, 0) is 68.0 Å². The Morgan fingerprint density at radius 2 is 1.86 bits per heavy atom. The second kappa shape index (κ2) is 8.36. The summed E-state index contributed by atoms with van der Waals surface area (Å²) in [7, 11) is 2.19. The number of hydrogen-bond acceptors (Lipinski definition) is 3. The van der Waals surface area contributed by atoms with Crippen LogP contribution in [0.2, 0.25) is 0 Å². The Bertz CT molecular complexity index is 1450. The SMILES string of the molecule is CC(=O)Nc1ccc(C2=C3C=CC(=[N+]4CCCCC4)N3[B]n3c2ccc3-n2cc(C3CC3)nn2)cc1. The number of amides is 1. The number of rotatable bonds is 4. The monoisotopic (exact) mass is 477 g/mol. The van der Waals surface area contributed by atoms with Gasteiger partial charge < -0.3 is 9.79 Å². The first kappa shape index (κ1) is 21.4. The van der Waals surface area contributed by atoms with Crippen molar-refractivity contribution in [3.05, 3.63) is 77.4 Å². The Morgan fingerprint density at radius 1 is 1.06 bits per heavy atom. The van der Waals surface area contributed by atoms with E-state index in [1.165, 1.54) is 44.9 Å². The van der Waals surface area contributed by atoms with Crippen molar-refractivity contribution in [3.8, 4) is 5.82 Å². The number of allylic oxidation sites excluding steroid dienone is 1. The first-order valence-corrected chi connectivity index (χ1v) is 12.9. The molecule has 1 saturated carbocycles. The molecule has 2 aromatic heterocycles. The molecule has 5 heterocycles. The number of aromatic nitrogens is 4. The van der Waals surface area contributed by atoms with Gasteiger partial charge in [0.05, 0.1) is 25.0 Å². The normalized spacial score (nSPS) is 18.9. The average molecular weight is 477 g/mol. The minimum Gasteiger partial charge on any atom is -0.329 e. The molecule has 3 aliphatic heterocycles. The Labute approximate surface area is 210 Å². The van der Waals surface area contributed by atoms with E-state index >= 15 is 0 Å². The first-order valence-electron chi connectivity index (χ1n) is 12.9. The molecule has 9 heteroatoms. The lowest BCUT2D eigenvalue weighted by Gasteiger charge is -2.27. The van der Waals surface area contributed by atoms with Gasteiger partial charge in [0.25, 0.3) is 5.84 Å². The standard InChI is InChI=1S/C27H27BN7O/c1-18(36)29-21-9-7-20(8-10-21)27-23-11-13-25(32-15-3-2-4-16-32)34(23)28-35-24(27)12-14-26(35)33-17-22(30-31-33)19-5-6-19/h7-14,17,19H,2-6,15-16H2,1H3/p+1. The van der Waals surface area contributed by atoms with E-state index in [-0.39, 0.29) is 5.91 Å². The molecule has 3 aromatic rings. The number of benzene rings is 1. The van der Waals surface area contributed by atoms with Crippen LogP contribution in [0.4, 0.5) is 5.69 Å². The van der Waals surface area contributed by atoms with E-state index in [9.17, 15) is 4.79 Å². The third kappa shape index (κ3) is 3.61. The Kier molecular flexibility index (Phi) is 4.97. The van der Waals surface area contributed by atoms with Crippen LogP contribution in [0, 0.1) is 0 Å². The number of amidine groups is 1. The number of fused-ring (bicyclic) bond motifs is 2. The molecule has 36 heavy (non-hydrogen) atoms. The Hall–Kier alpha value is -3.88. The van der Waals surface area contributed by atoms with Crippen molar-refractivity contribution < 1.29 is 9.37 Å². The molecule has 1 radical (unpaired) electrons. The maximum absolute atomic E-state index is 11.5. The van der Waals surface area contributed by atoms with Gasteiger partial charge in [0.1, 0.15) is 11.5 Å². The van der Waals surface area contributed by atoms with E-state index in [2.05, 4.69) is 79.7 Å². The van der Waals surface area contributed by atoms with Crippen LogP contribution >= 0.6 is 0 Å². The predicted molar refractivity (Wildman–Crippen MR) is 139 cm³/mol. The topological polar surface area (TPSA) is 71.0 Å². The lowest BCUT2D eigenvalue weighted by molar-refractivity contribution is -0.539. The fraction of sp³-hybridized carbons (Fsp3) is 0.333. The van der Waals surface area contributed by atoms with E-state index in [4.69, 9.17) is 0 Å². The summed E-state index contributed by atoms with van der Waals surface area (Å²) in [6.07, 6.45) is 12.7. The van der Waals surface area contributed by atoms with E-state index < -0.39 is 0 Å². The first-order chi connectivity index (χ1) is 17.7. The minimum atomic E-state index is -0.0698. The Morgan fingerprint density at radius 3 is 2.61 bits per heavy atom. The van der Waals surface area contributed by atoms with Crippen LogP contribution in [0.3, 0.4) is 0 Å². The summed E-state index contributed by atoms with van der Waals surface area (Å²) in [4.78, 5) is 13.8. The molecule has 1 aromatic carbocycles. The molecule has 1 saturated heterocycles. The van der Waals surface area contributed by atoms with Crippen LogP contribution in [0.25, 0.3) is 11.4 Å². The predicted octanol–water partition coefficient (Wildman–Crippen LogP) is 3.53. The van der Waals surface area contributed by atoms with Crippen LogP contribution < -0.4 is 5.32 Å². The number of carbonyl (C=O) groups excluding carboxylic acids is 1. The van der Waals surface area contributed by atoms with E-state index in [1.54, 1.807) is 0 Å².